The first kappa shape index (κ1) is 14.8. The minimum Gasteiger partial charge on any atom is -0.369 e. The summed E-state index contributed by atoms with van der Waals surface area (Å²) in [6, 6.07) is 0. The molecule has 5 nitrogen and oxygen atoms in total. The van der Waals surface area contributed by atoms with Gasteiger partial charge in [0.25, 0.3) is 0 Å². The van der Waals surface area contributed by atoms with E-state index < -0.39 is 11.7 Å². The Bertz CT molecular complexity index is 165. The summed E-state index contributed by atoms with van der Waals surface area (Å²) in [5.74, 6) is -3.23. The van der Waals surface area contributed by atoms with Gasteiger partial charge in [0.1, 0.15) is 0 Å². The molecule has 0 saturated carbocycles. The van der Waals surface area contributed by atoms with Gasteiger partial charge in [0.15, 0.2) is 5.72 Å². The normalized spacial score (nSPS) is 16.4. The lowest BCUT2D eigenvalue weighted by Crippen LogP contribution is -2.60. The molecule has 0 aromatic carbocycles. The molecule has 0 spiro atoms. The van der Waals surface area contributed by atoms with Crippen molar-refractivity contribution < 1.29 is 20.4 Å². The van der Waals surface area contributed by atoms with Gasteiger partial charge in [-0.1, -0.05) is 39.0 Å². The average molecular weight is 221 g/mol. The van der Waals surface area contributed by atoms with Crippen molar-refractivity contribution in [1.29, 1.82) is 0 Å². The molecule has 1 unspecified atom stereocenters. The summed E-state index contributed by atoms with van der Waals surface area (Å²) in [4.78, 5) is 0. The predicted molar refractivity (Wildman–Crippen MR) is 56.5 cm³/mol. The van der Waals surface area contributed by atoms with Crippen LogP contribution in [0.2, 0.25) is 0 Å². The lowest BCUT2D eigenvalue weighted by Gasteiger charge is -2.31. The Balaban J connectivity index is 3.58. The Kier molecular flexibility index (Phi) is 6.31. The van der Waals surface area contributed by atoms with Gasteiger partial charge in [0.2, 0.25) is 0 Å². The van der Waals surface area contributed by atoms with Crippen LogP contribution in [0.3, 0.4) is 0 Å². The zero-order valence-corrected chi connectivity index (χ0v) is 9.32. The van der Waals surface area contributed by atoms with E-state index in [2.05, 4.69) is 6.92 Å². The van der Waals surface area contributed by atoms with Gasteiger partial charge in [-0.15, -0.1) is 0 Å². The molecule has 0 fully saturated rings. The Morgan fingerprint density at radius 2 is 1.33 bits per heavy atom. The molecule has 0 radical (unpaired) electrons. The summed E-state index contributed by atoms with van der Waals surface area (Å²) in [6.07, 6.45) is 5.87. The maximum absolute atomic E-state index is 9.28. The first-order chi connectivity index (χ1) is 6.81. The van der Waals surface area contributed by atoms with Crippen LogP contribution in [-0.2, 0) is 0 Å². The predicted octanol–water partition coefficient (Wildman–Crippen LogP) is 0.0150. The van der Waals surface area contributed by atoms with Gasteiger partial charge in [0, 0.05) is 0 Å². The largest absolute Gasteiger partial charge is 0.369 e. The molecule has 0 bridgehead atoms. The monoisotopic (exact) mass is 221 g/mol. The molecule has 0 aliphatic rings. The quantitative estimate of drug-likeness (QED) is 0.293. The third-order valence-corrected chi connectivity index (χ3v) is 2.49. The van der Waals surface area contributed by atoms with E-state index in [1.165, 1.54) is 6.42 Å². The molecule has 6 N–H and O–H groups in total. The third kappa shape index (κ3) is 6.06. The van der Waals surface area contributed by atoms with Crippen LogP contribution >= 0.6 is 0 Å². The van der Waals surface area contributed by atoms with E-state index in [-0.39, 0.29) is 6.42 Å². The Morgan fingerprint density at radius 1 is 0.867 bits per heavy atom. The van der Waals surface area contributed by atoms with E-state index in [9.17, 15) is 5.11 Å². The standard InChI is InChI=1S/C10H23NO4/c1-2-3-4-5-6-7-8-9(11,12)10(13,14)15/h12-15H,2-8,11H2,1H3. The molecule has 1 atom stereocenters. The summed E-state index contributed by atoms with van der Waals surface area (Å²) in [6.45, 7) is 2.12. The Labute approximate surface area is 90.5 Å². The number of hydrogen-bond donors (Lipinski definition) is 5. The second kappa shape index (κ2) is 6.40. The molecule has 0 saturated heterocycles. The Hall–Kier alpha value is -0.200. The van der Waals surface area contributed by atoms with Crippen molar-refractivity contribution in [1.82, 2.24) is 0 Å². The maximum atomic E-state index is 9.28. The number of hydrogen-bond acceptors (Lipinski definition) is 5. The molecule has 0 aromatic rings. The van der Waals surface area contributed by atoms with Gasteiger partial charge in [-0.25, -0.2) is 0 Å². The van der Waals surface area contributed by atoms with Crippen molar-refractivity contribution in [3.05, 3.63) is 0 Å². The number of aliphatic hydroxyl groups is 4. The van der Waals surface area contributed by atoms with Crippen molar-refractivity contribution >= 4 is 0 Å². The van der Waals surface area contributed by atoms with E-state index >= 15 is 0 Å². The van der Waals surface area contributed by atoms with E-state index in [1.54, 1.807) is 0 Å². The van der Waals surface area contributed by atoms with Crippen LogP contribution in [0.25, 0.3) is 0 Å². The summed E-state index contributed by atoms with van der Waals surface area (Å²) in [5.41, 5.74) is 2.79. The van der Waals surface area contributed by atoms with Gasteiger partial charge >= 0.3 is 5.97 Å². The van der Waals surface area contributed by atoms with Crippen LogP contribution in [0.5, 0.6) is 0 Å². The fourth-order valence-corrected chi connectivity index (χ4v) is 1.34. The Morgan fingerprint density at radius 3 is 1.80 bits per heavy atom. The number of unbranched alkanes of at least 4 members (excludes halogenated alkanes) is 5. The molecule has 5 heteroatoms. The summed E-state index contributed by atoms with van der Waals surface area (Å²) < 4.78 is 0. The maximum Gasteiger partial charge on any atom is 0.320 e. The first-order valence-electron chi connectivity index (χ1n) is 5.49. The number of rotatable bonds is 8. The molecular weight excluding hydrogens is 198 g/mol. The highest BCUT2D eigenvalue weighted by atomic mass is 16.7. The molecule has 0 aliphatic carbocycles. The van der Waals surface area contributed by atoms with Gasteiger partial charge in [-0.2, -0.15) is 0 Å². The lowest BCUT2D eigenvalue weighted by atomic mass is 10.0. The molecule has 0 rings (SSSR count). The molecule has 0 heterocycles. The minimum absolute atomic E-state index is 0.0391. The van der Waals surface area contributed by atoms with E-state index in [0.717, 1.165) is 25.7 Å². The topological polar surface area (TPSA) is 107 Å². The zero-order chi connectivity index (χ0) is 11.9. The molecule has 15 heavy (non-hydrogen) atoms. The third-order valence-electron chi connectivity index (χ3n) is 2.49. The highest BCUT2D eigenvalue weighted by Gasteiger charge is 2.43. The first-order valence-corrected chi connectivity index (χ1v) is 5.49. The van der Waals surface area contributed by atoms with Crippen LogP contribution in [-0.4, -0.2) is 32.1 Å². The van der Waals surface area contributed by atoms with Crippen molar-refractivity contribution in [2.75, 3.05) is 0 Å². The second-order valence-corrected chi connectivity index (χ2v) is 4.08. The van der Waals surface area contributed by atoms with Crippen molar-refractivity contribution in [3.63, 3.8) is 0 Å². The zero-order valence-electron chi connectivity index (χ0n) is 9.32. The minimum atomic E-state index is -3.23. The fourth-order valence-electron chi connectivity index (χ4n) is 1.34. The fraction of sp³-hybridized carbons (Fsp3) is 1.00. The van der Waals surface area contributed by atoms with Gasteiger partial charge in [-0.05, 0) is 12.8 Å². The van der Waals surface area contributed by atoms with Crippen LogP contribution < -0.4 is 5.73 Å². The van der Waals surface area contributed by atoms with Crippen LogP contribution in [0, 0.1) is 0 Å². The highest BCUT2D eigenvalue weighted by Crippen LogP contribution is 2.19. The lowest BCUT2D eigenvalue weighted by molar-refractivity contribution is -0.391. The number of nitrogens with two attached hydrogens (primary N) is 1. The smallest absolute Gasteiger partial charge is 0.320 e. The highest BCUT2D eigenvalue weighted by molar-refractivity contribution is 4.77. The van der Waals surface area contributed by atoms with Gasteiger partial charge in [-0.3, -0.25) is 5.73 Å². The second-order valence-electron chi connectivity index (χ2n) is 4.08. The summed E-state index contributed by atoms with van der Waals surface area (Å²) in [5, 5.41) is 35.4. The van der Waals surface area contributed by atoms with Gasteiger partial charge in [0.05, 0.1) is 0 Å². The van der Waals surface area contributed by atoms with Crippen LogP contribution in [0.4, 0.5) is 0 Å². The average Bonchev–Trinajstić information content (AvgIpc) is 2.09. The summed E-state index contributed by atoms with van der Waals surface area (Å²) in [7, 11) is 0. The van der Waals surface area contributed by atoms with Crippen molar-refractivity contribution in [3.8, 4) is 0 Å². The van der Waals surface area contributed by atoms with Crippen LogP contribution in [0.1, 0.15) is 51.9 Å². The molecular formula is C10H23NO4. The van der Waals surface area contributed by atoms with Gasteiger partial charge < -0.3 is 20.4 Å². The molecule has 0 amide bonds. The van der Waals surface area contributed by atoms with Crippen molar-refractivity contribution in [2.45, 2.75) is 63.6 Å². The van der Waals surface area contributed by atoms with Crippen molar-refractivity contribution in [2.24, 2.45) is 5.73 Å². The van der Waals surface area contributed by atoms with E-state index in [1.807, 2.05) is 0 Å². The van der Waals surface area contributed by atoms with E-state index in [0.29, 0.717) is 6.42 Å². The molecule has 0 aliphatic heterocycles. The molecule has 0 aromatic heterocycles. The van der Waals surface area contributed by atoms with Crippen LogP contribution in [0.15, 0.2) is 0 Å². The SMILES string of the molecule is CCCCCCCCC(N)(O)C(O)(O)O. The summed E-state index contributed by atoms with van der Waals surface area (Å²) >= 11 is 0. The molecule has 92 valence electrons. The van der Waals surface area contributed by atoms with E-state index in [4.69, 9.17) is 21.1 Å².